The van der Waals surface area contributed by atoms with E-state index in [0.29, 0.717) is 29.2 Å². The van der Waals surface area contributed by atoms with E-state index in [2.05, 4.69) is 33.8 Å². The van der Waals surface area contributed by atoms with Crippen LogP contribution in [0, 0.1) is 0 Å². The Morgan fingerprint density at radius 3 is 2.71 bits per heavy atom. The van der Waals surface area contributed by atoms with Gasteiger partial charge in [-0.15, -0.1) is 0 Å². The Bertz CT molecular complexity index is 1000. The molecule has 0 spiro atoms. The molecule has 146 valence electrons. The molecule has 0 aliphatic carbocycles. The molecule has 1 aromatic carbocycles. The Morgan fingerprint density at radius 2 is 2.07 bits per heavy atom. The highest BCUT2D eigenvalue weighted by Crippen LogP contribution is 2.38. The fraction of sp³-hybridized carbons (Fsp3) is 0.250. The van der Waals surface area contributed by atoms with Gasteiger partial charge in [-0.05, 0) is 31.5 Å². The van der Waals surface area contributed by atoms with Crippen molar-refractivity contribution in [3.63, 3.8) is 0 Å². The summed E-state index contributed by atoms with van der Waals surface area (Å²) >= 11 is 0. The molecule has 0 radical (unpaired) electrons. The number of pyridine rings is 1. The van der Waals surface area contributed by atoms with E-state index >= 15 is 0 Å². The number of nitrogens with two attached hydrogens (primary N) is 1. The van der Waals surface area contributed by atoms with Crippen molar-refractivity contribution in [2.24, 2.45) is 0 Å². The summed E-state index contributed by atoms with van der Waals surface area (Å²) in [5, 5.41) is 10.8. The molecule has 0 unspecified atom stereocenters. The number of hydrogen-bond donors (Lipinski definition) is 3. The monoisotopic (exact) mass is 397 g/mol. The average Bonchev–Trinajstić information content (AvgIpc) is 3.18. The zero-order chi connectivity index (χ0) is 20.3. The molecule has 0 bridgehead atoms. The highest BCUT2D eigenvalue weighted by molar-refractivity contribution is 7.63. The maximum Gasteiger partial charge on any atom is 0.166 e. The van der Waals surface area contributed by atoms with Gasteiger partial charge >= 0.3 is 0 Å². The van der Waals surface area contributed by atoms with Crippen LogP contribution in [0.2, 0.25) is 0 Å². The lowest BCUT2D eigenvalue weighted by atomic mass is 10.1. The van der Waals surface area contributed by atoms with E-state index < -0.39 is 0 Å². The first kappa shape index (κ1) is 19.8. The number of H-pyrrole nitrogens is 1. The van der Waals surface area contributed by atoms with Crippen molar-refractivity contribution >= 4 is 36.3 Å². The quantitative estimate of drug-likeness (QED) is 0.414. The van der Waals surface area contributed by atoms with Crippen LogP contribution < -0.4 is 21.2 Å². The van der Waals surface area contributed by atoms with Crippen molar-refractivity contribution in [2.75, 3.05) is 31.5 Å². The van der Waals surface area contributed by atoms with Gasteiger partial charge in [0.1, 0.15) is 5.82 Å². The highest BCUT2D eigenvalue weighted by atomic mass is 31.1. The number of nitrogens with zero attached hydrogens (tertiary/aromatic N) is 2. The van der Waals surface area contributed by atoms with Crippen LogP contribution in [0.3, 0.4) is 0 Å². The van der Waals surface area contributed by atoms with Crippen LogP contribution in [0.15, 0.2) is 36.5 Å². The molecule has 0 atom stereocenters. The number of nitrogens with one attached hydrogen (secondary N) is 2. The SMILES string of the molecule is CCC(=O)c1cnc(N)cc1Nc1cccc(-c2cc(P(C)C)n[nH]2)c1OC. The van der Waals surface area contributed by atoms with Crippen LogP contribution in [-0.2, 0) is 0 Å². The molecule has 4 N–H and O–H groups in total. The molecule has 0 saturated heterocycles. The summed E-state index contributed by atoms with van der Waals surface area (Å²) in [6, 6.07) is 9.48. The number of ketones is 1. The molecule has 0 aliphatic rings. The van der Waals surface area contributed by atoms with Gasteiger partial charge in [0.25, 0.3) is 0 Å². The second kappa shape index (κ2) is 8.40. The number of Topliss-reactive ketones (excluding diaryl/α,β-unsaturated/α-hetero) is 1. The number of nitrogen functional groups attached to an aromatic ring is 1. The molecule has 3 aromatic rings. The predicted octanol–water partition coefficient (Wildman–Crippen LogP) is 3.77. The minimum absolute atomic E-state index is 0.0115. The Morgan fingerprint density at radius 1 is 1.29 bits per heavy atom. The van der Waals surface area contributed by atoms with Crippen molar-refractivity contribution in [1.29, 1.82) is 0 Å². The zero-order valence-corrected chi connectivity index (χ0v) is 17.3. The minimum atomic E-state index is -0.301. The van der Waals surface area contributed by atoms with Crippen molar-refractivity contribution in [2.45, 2.75) is 13.3 Å². The van der Waals surface area contributed by atoms with E-state index in [-0.39, 0.29) is 13.7 Å². The first-order valence-electron chi connectivity index (χ1n) is 8.90. The number of carbonyl (C=O) groups excluding carboxylic acids is 1. The lowest BCUT2D eigenvalue weighted by Gasteiger charge is -2.16. The maximum absolute atomic E-state index is 12.3. The van der Waals surface area contributed by atoms with Crippen LogP contribution in [0.4, 0.5) is 17.2 Å². The second-order valence-electron chi connectivity index (χ2n) is 6.48. The Balaban J connectivity index is 2.04. The summed E-state index contributed by atoms with van der Waals surface area (Å²) in [7, 11) is 1.32. The number of aromatic amines is 1. The lowest BCUT2D eigenvalue weighted by Crippen LogP contribution is -2.06. The summed E-state index contributed by atoms with van der Waals surface area (Å²) in [5.41, 5.74) is 10.5. The molecule has 0 fully saturated rings. The van der Waals surface area contributed by atoms with Crippen molar-refractivity contribution in [3.8, 4) is 17.0 Å². The van der Waals surface area contributed by atoms with Crippen LogP contribution in [-0.4, -0.2) is 41.4 Å². The summed E-state index contributed by atoms with van der Waals surface area (Å²) in [6.45, 7) is 6.13. The number of para-hydroxylation sites is 1. The van der Waals surface area contributed by atoms with Gasteiger partial charge in [-0.2, -0.15) is 5.10 Å². The predicted molar refractivity (Wildman–Crippen MR) is 116 cm³/mol. The van der Waals surface area contributed by atoms with E-state index in [0.717, 1.165) is 22.4 Å². The van der Waals surface area contributed by atoms with Crippen LogP contribution in [0.1, 0.15) is 23.7 Å². The van der Waals surface area contributed by atoms with E-state index in [1.807, 2.05) is 31.2 Å². The molecule has 28 heavy (non-hydrogen) atoms. The summed E-state index contributed by atoms with van der Waals surface area (Å²) < 4.78 is 5.69. The van der Waals surface area contributed by atoms with Crippen LogP contribution >= 0.6 is 7.92 Å². The summed E-state index contributed by atoms with van der Waals surface area (Å²) in [4.78, 5) is 16.3. The molecule has 0 amide bonds. The fourth-order valence-corrected chi connectivity index (χ4v) is 3.52. The van der Waals surface area contributed by atoms with Gasteiger partial charge in [0.05, 0.1) is 35.2 Å². The van der Waals surface area contributed by atoms with Crippen LogP contribution in [0.25, 0.3) is 11.3 Å². The van der Waals surface area contributed by atoms with Gasteiger partial charge in [-0.3, -0.25) is 9.89 Å². The normalized spacial score (nSPS) is 10.9. The van der Waals surface area contributed by atoms with Gasteiger partial charge in [0, 0.05) is 24.2 Å². The van der Waals surface area contributed by atoms with Gasteiger partial charge in [-0.25, -0.2) is 4.98 Å². The highest BCUT2D eigenvalue weighted by Gasteiger charge is 2.17. The van der Waals surface area contributed by atoms with Crippen molar-refractivity contribution in [3.05, 3.63) is 42.1 Å². The number of hydrogen-bond acceptors (Lipinski definition) is 6. The van der Waals surface area contributed by atoms with Gasteiger partial charge in [0.2, 0.25) is 0 Å². The Hall–Kier alpha value is -2.92. The lowest BCUT2D eigenvalue weighted by molar-refractivity contribution is 0.0988. The number of rotatable bonds is 7. The molecule has 0 saturated carbocycles. The third kappa shape index (κ3) is 3.99. The third-order valence-corrected chi connectivity index (χ3v) is 5.49. The fourth-order valence-electron chi connectivity index (χ4n) is 2.88. The van der Waals surface area contributed by atoms with Gasteiger partial charge in [-0.1, -0.05) is 20.9 Å². The molecule has 2 aromatic heterocycles. The molecule has 7 nitrogen and oxygen atoms in total. The number of methoxy groups -OCH3 is 1. The zero-order valence-electron chi connectivity index (χ0n) is 16.4. The van der Waals surface area contributed by atoms with E-state index in [9.17, 15) is 4.79 Å². The largest absolute Gasteiger partial charge is 0.494 e. The number of benzene rings is 1. The van der Waals surface area contributed by atoms with E-state index in [1.165, 1.54) is 6.20 Å². The smallest absolute Gasteiger partial charge is 0.166 e. The number of aromatic nitrogens is 3. The maximum atomic E-state index is 12.3. The summed E-state index contributed by atoms with van der Waals surface area (Å²) in [6.07, 6.45) is 1.89. The Kier molecular flexibility index (Phi) is 5.95. The minimum Gasteiger partial charge on any atom is -0.494 e. The number of anilines is 3. The molecular weight excluding hydrogens is 373 g/mol. The van der Waals surface area contributed by atoms with Crippen molar-refractivity contribution < 1.29 is 9.53 Å². The number of ether oxygens (including phenoxy) is 1. The second-order valence-corrected chi connectivity index (χ2v) is 8.72. The first-order chi connectivity index (χ1) is 13.4. The molecule has 0 aliphatic heterocycles. The average molecular weight is 397 g/mol. The van der Waals surface area contributed by atoms with Gasteiger partial charge < -0.3 is 15.8 Å². The molecule has 2 heterocycles. The Labute approximate surface area is 165 Å². The summed E-state index contributed by atoms with van der Waals surface area (Å²) in [5.74, 6) is 0.977. The van der Waals surface area contributed by atoms with Crippen LogP contribution in [0.5, 0.6) is 5.75 Å². The molecular formula is C20H24N5O2P. The van der Waals surface area contributed by atoms with E-state index in [4.69, 9.17) is 10.5 Å². The first-order valence-corrected chi connectivity index (χ1v) is 11.1. The number of carbonyl (C=O) groups is 1. The topological polar surface area (TPSA) is 106 Å². The molecule has 8 heteroatoms. The van der Waals surface area contributed by atoms with Crippen molar-refractivity contribution in [1.82, 2.24) is 15.2 Å². The van der Waals surface area contributed by atoms with E-state index in [1.54, 1.807) is 13.2 Å². The standard InChI is InChI=1S/C20H24N5O2P/c1-5-17(26)13-11-22-18(21)9-15(13)23-14-8-6-7-12(20(14)27-2)16-10-19(25-24-16)28(3)4/h6-11H,5H2,1-4H3,(H,24,25)(H3,21,22,23). The third-order valence-electron chi connectivity index (χ3n) is 4.35. The molecule has 3 rings (SSSR count). The van der Waals surface area contributed by atoms with Gasteiger partial charge in [0.15, 0.2) is 11.5 Å².